The Labute approximate surface area is 144 Å². The Morgan fingerprint density at radius 2 is 1.38 bits per heavy atom. The zero-order valence-corrected chi connectivity index (χ0v) is 14.7. The van der Waals surface area contributed by atoms with Gasteiger partial charge >= 0.3 is 0 Å². The van der Waals surface area contributed by atoms with Crippen molar-refractivity contribution in [2.45, 2.75) is 19.3 Å². The minimum absolute atomic E-state index is 0.0139. The fourth-order valence-electron chi connectivity index (χ4n) is 3.38. The number of hydrogen-bond acceptors (Lipinski definition) is 2. The molecular weight excluding hydrogens is 296 g/mol. The minimum Gasteiger partial charge on any atom is -0.349 e. The maximum atomic E-state index is 13.0. The van der Waals surface area contributed by atoms with Crippen molar-refractivity contribution in [3.8, 4) is 6.07 Å². The Balaban J connectivity index is 2.80. The summed E-state index contributed by atoms with van der Waals surface area (Å²) in [6.07, 6.45) is 0. The number of carbonyl (C=O) groups is 1. The molecule has 0 saturated carbocycles. The highest BCUT2D eigenvalue weighted by Gasteiger charge is 2.48. The van der Waals surface area contributed by atoms with E-state index in [0.29, 0.717) is 0 Å². The summed E-state index contributed by atoms with van der Waals surface area (Å²) in [6.45, 7) is 4.01. The topological polar surface area (TPSA) is 44.1 Å². The fraction of sp³-hybridized carbons (Fsp3) is 0.333. The number of nitrogens with zero attached hydrogens (tertiary/aromatic N) is 2. The molecule has 0 aliphatic rings. The van der Waals surface area contributed by atoms with Crippen molar-refractivity contribution in [1.29, 1.82) is 5.26 Å². The first kappa shape index (κ1) is 17.7. The zero-order chi connectivity index (χ0) is 17.7. The molecule has 1 amide bonds. The predicted molar refractivity (Wildman–Crippen MR) is 96.3 cm³/mol. The van der Waals surface area contributed by atoms with Crippen molar-refractivity contribution in [3.05, 3.63) is 71.8 Å². The van der Waals surface area contributed by atoms with E-state index in [9.17, 15) is 10.1 Å². The van der Waals surface area contributed by atoms with Gasteiger partial charge in [-0.2, -0.15) is 5.26 Å². The van der Waals surface area contributed by atoms with E-state index in [1.807, 2.05) is 74.5 Å². The molecule has 2 aromatic carbocycles. The molecule has 0 aromatic heterocycles. The van der Waals surface area contributed by atoms with Crippen LogP contribution in [0.1, 0.15) is 25.0 Å². The Hall–Kier alpha value is -2.60. The molecule has 0 spiro atoms. The van der Waals surface area contributed by atoms with Crippen molar-refractivity contribution in [1.82, 2.24) is 4.90 Å². The molecule has 0 bridgehead atoms. The lowest BCUT2D eigenvalue weighted by Crippen LogP contribution is -2.47. The van der Waals surface area contributed by atoms with Crippen LogP contribution in [0.4, 0.5) is 0 Å². The van der Waals surface area contributed by atoms with E-state index in [-0.39, 0.29) is 11.8 Å². The maximum absolute atomic E-state index is 13.0. The summed E-state index contributed by atoms with van der Waals surface area (Å²) >= 11 is 0. The fourth-order valence-corrected chi connectivity index (χ4v) is 3.38. The lowest BCUT2D eigenvalue weighted by Gasteiger charge is -2.38. The quantitative estimate of drug-likeness (QED) is 0.839. The van der Waals surface area contributed by atoms with Gasteiger partial charge in [-0.25, -0.2) is 0 Å². The summed E-state index contributed by atoms with van der Waals surface area (Å²) < 4.78 is 0. The normalized spacial score (nSPS) is 12.5. The van der Waals surface area contributed by atoms with E-state index >= 15 is 0 Å². The number of benzene rings is 2. The maximum Gasteiger partial charge on any atom is 0.227 e. The van der Waals surface area contributed by atoms with Crippen molar-refractivity contribution < 1.29 is 4.79 Å². The van der Waals surface area contributed by atoms with Crippen molar-refractivity contribution >= 4 is 5.91 Å². The monoisotopic (exact) mass is 320 g/mol. The highest BCUT2D eigenvalue weighted by molar-refractivity contribution is 5.82. The average molecular weight is 320 g/mol. The van der Waals surface area contributed by atoms with E-state index in [1.165, 1.54) is 0 Å². The molecule has 0 radical (unpaired) electrons. The van der Waals surface area contributed by atoms with E-state index in [4.69, 9.17) is 0 Å². The van der Waals surface area contributed by atoms with Crippen molar-refractivity contribution in [3.63, 3.8) is 0 Å². The van der Waals surface area contributed by atoms with Crippen LogP contribution in [0.5, 0.6) is 0 Å². The third-order valence-corrected chi connectivity index (χ3v) is 4.47. The van der Waals surface area contributed by atoms with Gasteiger partial charge in [0.1, 0.15) is 5.41 Å². The van der Waals surface area contributed by atoms with Crippen molar-refractivity contribution in [2.24, 2.45) is 11.8 Å². The highest BCUT2D eigenvalue weighted by atomic mass is 16.2. The molecule has 3 nitrogen and oxygen atoms in total. The number of amides is 1. The predicted octanol–water partition coefficient (Wildman–Crippen LogP) is 3.86. The van der Waals surface area contributed by atoms with Gasteiger partial charge in [-0.1, -0.05) is 74.5 Å². The zero-order valence-electron chi connectivity index (χ0n) is 14.7. The van der Waals surface area contributed by atoms with Gasteiger partial charge < -0.3 is 4.90 Å². The molecule has 0 saturated heterocycles. The Morgan fingerprint density at radius 3 is 1.67 bits per heavy atom. The van der Waals surface area contributed by atoms with Crippen LogP contribution in [-0.4, -0.2) is 24.9 Å². The molecule has 24 heavy (non-hydrogen) atoms. The number of hydrogen-bond donors (Lipinski definition) is 0. The highest BCUT2D eigenvalue weighted by Crippen LogP contribution is 2.43. The lowest BCUT2D eigenvalue weighted by molar-refractivity contribution is -0.135. The van der Waals surface area contributed by atoms with Crippen LogP contribution in [0.15, 0.2) is 60.7 Å². The molecule has 0 heterocycles. The van der Waals surface area contributed by atoms with Gasteiger partial charge in [-0.15, -0.1) is 0 Å². The molecule has 0 fully saturated rings. The summed E-state index contributed by atoms with van der Waals surface area (Å²) in [4.78, 5) is 14.6. The first-order chi connectivity index (χ1) is 11.4. The molecular formula is C21H24N2O. The summed E-state index contributed by atoms with van der Waals surface area (Å²) in [5, 5.41) is 10.3. The summed E-state index contributed by atoms with van der Waals surface area (Å²) in [6, 6.07) is 21.8. The smallest absolute Gasteiger partial charge is 0.227 e. The van der Waals surface area contributed by atoms with Crippen LogP contribution >= 0.6 is 0 Å². The lowest BCUT2D eigenvalue weighted by atomic mass is 9.62. The summed E-state index contributed by atoms with van der Waals surface area (Å²) in [7, 11) is 3.49. The standard InChI is InChI=1S/C21H24N2O/c1-16(2)19(20(24)23(3)4)21(15-22,17-11-7-5-8-12-17)18-13-9-6-10-14-18/h5-14,16,19H,1-4H3. The molecule has 3 heteroatoms. The van der Waals surface area contributed by atoms with Gasteiger partial charge in [-0.05, 0) is 17.0 Å². The Morgan fingerprint density at radius 1 is 0.958 bits per heavy atom. The molecule has 0 aliphatic heterocycles. The SMILES string of the molecule is CC(C)C(C(=O)N(C)C)C(C#N)(c1ccccc1)c1ccccc1. The van der Waals surface area contributed by atoms with E-state index in [1.54, 1.807) is 19.0 Å². The van der Waals surface area contributed by atoms with Crippen LogP contribution < -0.4 is 0 Å². The molecule has 124 valence electrons. The molecule has 0 aliphatic carbocycles. The molecule has 0 N–H and O–H groups in total. The van der Waals surface area contributed by atoms with Crippen LogP contribution in [-0.2, 0) is 10.2 Å². The first-order valence-corrected chi connectivity index (χ1v) is 8.18. The van der Waals surface area contributed by atoms with Gasteiger partial charge in [0.15, 0.2) is 0 Å². The second-order valence-electron chi connectivity index (χ2n) is 6.61. The average Bonchev–Trinajstić information content (AvgIpc) is 2.60. The second-order valence-corrected chi connectivity index (χ2v) is 6.61. The first-order valence-electron chi connectivity index (χ1n) is 8.18. The third kappa shape index (κ3) is 3.05. The number of nitriles is 1. The van der Waals surface area contributed by atoms with Crippen LogP contribution in [0.3, 0.4) is 0 Å². The minimum atomic E-state index is -1.02. The van der Waals surface area contributed by atoms with Crippen molar-refractivity contribution in [2.75, 3.05) is 14.1 Å². The number of rotatable bonds is 5. The van der Waals surface area contributed by atoms with Gasteiger partial charge in [0.05, 0.1) is 12.0 Å². The summed E-state index contributed by atoms with van der Waals surface area (Å²) in [5.41, 5.74) is 0.693. The van der Waals surface area contributed by atoms with Gasteiger partial charge in [0.2, 0.25) is 5.91 Å². The molecule has 1 unspecified atom stereocenters. The largest absolute Gasteiger partial charge is 0.349 e. The van der Waals surface area contributed by atoms with Crippen LogP contribution in [0, 0.1) is 23.2 Å². The van der Waals surface area contributed by atoms with Gasteiger partial charge in [0, 0.05) is 14.1 Å². The van der Waals surface area contributed by atoms with E-state index in [0.717, 1.165) is 11.1 Å². The van der Waals surface area contributed by atoms with E-state index < -0.39 is 11.3 Å². The second kappa shape index (κ2) is 7.31. The molecule has 1 atom stereocenters. The van der Waals surface area contributed by atoms with Gasteiger partial charge in [-0.3, -0.25) is 4.79 Å². The number of carbonyl (C=O) groups excluding carboxylic acids is 1. The van der Waals surface area contributed by atoms with Crippen LogP contribution in [0.2, 0.25) is 0 Å². The Kier molecular flexibility index (Phi) is 5.41. The van der Waals surface area contributed by atoms with E-state index in [2.05, 4.69) is 6.07 Å². The molecule has 2 rings (SSSR count). The summed E-state index contributed by atoms with van der Waals surface area (Å²) in [5.74, 6) is -0.485. The van der Waals surface area contributed by atoms with Gasteiger partial charge in [0.25, 0.3) is 0 Å². The molecule has 2 aromatic rings. The van der Waals surface area contributed by atoms with Crippen LogP contribution in [0.25, 0.3) is 0 Å². The third-order valence-electron chi connectivity index (χ3n) is 4.47. The Bertz CT molecular complexity index is 675.